The van der Waals surface area contributed by atoms with Crippen LogP contribution < -0.4 is 10.6 Å². The number of imide groups is 1. The van der Waals surface area contributed by atoms with Crippen LogP contribution in [0.4, 0.5) is 11.4 Å². The Kier molecular flexibility index (Phi) is 6.40. The van der Waals surface area contributed by atoms with Crippen molar-refractivity contribution in [2.24, 2.45) is 15.9 Å². The maximum Gasteiger partial charge on any atom is 0.335 e. The molecule has 0 saturated carbocycles. The predicted octanol–water partition coefficient (Wildman–Crippen LogP) is 2.01. The molecule has 0 spiro atoms. The van der Waals surface area contributed by atoms with Gasteiger partial charge in [0.25, 0.3) is 5.69 Å². The first-order chi connectivity index (χ1) is 14.8. The SMILES string of the molecule is NC(=NN=Cc1ccccc1[N+](=O)[O-])SC1CC(=O)N(c2ccc(C(=O)O)cc2)C1=O. The Morgan fingerprint density at radius 3 is 2.55 bits per heavy atom. The van der Waals surface area contributed by atoms with E-state index in [1.54, 1.807) is 6.07 Å². The van der Waals surface area contributed by atoms with Crippen molar-refractivity contribution in [3.8, 4) is 0 Å². The van der Waals surface area contributed by atoms with Crippen LogP contribution in [0.15, 0.2) is 58.7 Å². The fourth-order valence-electron chi connectivity index (χ4n) is 2.80. The summed E-state index contributed by atoms with van der Waals surface area (Å²) < 4.78 is 0. The highest BCUT2D eigenvalue weighted by molar-refractivity contribution is 8.14. The third-order valence-corrected chi connectivity index (χ3v) is 5.20. The number of nitro groups is 1. The largest absolute Gasteiger partial charge is 0.478 e. The number of carbonyl (C=O) groups is 3. The molecule has 1 aliphatic rings. The van der Waals surface area contributed by atoms with Gasteiger partial charge in [-0.2, -0.15) is 5.10 Å². The van der Waals surface area contributed by atoms with Gasteiger partial charge in [0.1, 0.15) is 5.25 Å². The fourth-order valence-corrected chi connectivity index (χ4v) is 3.62. The van der Waals surface area contributed by atoms with E-state index in [4.69, 9.17) is 10.8 Å². The molecule has 1 heterocycles. The van der Waals surface area contributed by atoms with E-state index >= 15 is 0 Å². The highest BCUT2D eigenvalue weighted by atomic mass is 32.2. The van der Waals surface area contributed by atoms with E-state index in [1.165, 1.54) is 48.7 Å². The first kappa shape index (κ1) is 21.6. The van der Waals surface area contributed by atoms with Crippen LogP contribution >= 0.6 is 11.8 Å². The first-order valence-electron chi connectivity index (χ1n) is 8.74. The molecule has 11 nitrogen and oxygen atoms in total. The lowest BCUT2D eigenvalue weighted by molar-refractivity contribution is -0.385. The molecule has 0 aromatic heterocycles. The molecule has 158 valence electrons. The second-order valence-electron chi connectivity index (χ2n) is 6.23. The van der Waals surface area contributed by atoms with Crippen molar-refractivity contribution >= 4 is 52.3 Å². The molecular formula is C19H15N5O6S. The van der Waals surface area contributed by atoms with Crippen molar-refractivity contribution in [2.45, 2.75) is 11.7 Å². The highest BCUT2D eigenvalue weighted by Crippen LogP contribution is 2.30. The molecule has 0 radical (unpaired) electrons. The molecule has 3 rings (SSSR count). The number of nitrogens with two attached hydrogens (primary N) is 1. The number of aromatic carboxylic acids is 1. The minimum absolute atomic E-state index is 0.0293. The van der Waals surface area contributed by atoms with Crippen LogP contribution in [0.1, 0.15) is 22.3 Å². The van der Waals surface area contributed by atoms with E-state index < -0.39 is 28.0 Å². The number of nitrogens with zero attached hydrogens (tertiary/aromatic N) is 4. The maximum atomic E-state index is 12.6. The second kappa shape index (κ2) is 9.17. The third-order valence-electron chi connectivity index (χ3n) is 4.23. The van der Waals surface area contributed by atoms with Gasteiger partial charge in [-0.15, -0.1) is 5.10 Å². The Balaban J connectivity index is 1.69. The van der Waals surface area contributed by atoms with Crippen LogP contribution in [0, 0.1) is 10.1 Å². The monoisotopic (exact) mass is 441 g/mol. The minimum Gasteiger partial charge on any atom is -0.478 e. The van der Waals surface area contributed by atoms with E-state index in [-0.39, 0.29) is 34.1 Å². The minimum atomic E-state index is -1.12. The van der Waals surface area contributed by atoms with E-state index in [0.717, 1.165) is 16.7 Å². The van der Waals surface area contributed by atoms with Gasteiger partial charge in [-0.05, 0) is 30.3 Å². The van der Waals surface area contributed by atoms with Gasteiger partial charge in [0, 0.05) is 12.5 Å². The quantitative estimate of drug-likeness (QED) is 0.225. The highest BCUT2D eigenvalue weighted by Gasteiger charge is 2.40. The van der Waals surface area contributed by atoms with E-state index in [2.05, 4.69) is 10.2 Å². The van der Waals surface area contributed by atoms with Crippen LogP contribution in [-0.2, 0) is 9.59 Å². The summed E-state index contributed by atoms with van der Waals surface area (Å²) in [4.78, 5) is 47.3. The Labute approximate surface area is 179 Å². The van der Waals surface area contributed by atoms with Crippen molar-refractivity contribution in [1.29, 1.82) is 0 Å². The average molecular weight is 441 g/mol. The summed E-state index contributed by atoms with van der Waals surface area (Å²) in [5, 5.41) is 26.5. The summed E-state index contributed by atoms with van der Waals surface area (Å²) in [7, 11) is 0. The number of thioether (sulfide) groups is 1. The summed E-state index contributed by atoms with van der Waals surface area (Å²) in [6.45, 7) is 0. The normalized spacial score (nSPS) is 16.8. The second-order valence-corrected chi connectivity index (χ2v) is 7.45. The fraction of sp³-hybridized carbons (Fsp3) is 0.105. The Hall–Kier alpha value is -4.06. The summed E-state index contributed by atoms with van der Waals surface area (Å²) in [6, 6.07) is 11.3. The van der Waals surface area contributed by atoms with Gasteiger partial charge >= 0.3 is 5.97 Å². The molecule has 1 atom stereocenters. The topological polar surface area (TPSA) is 169 Å². The van der Waals surface area contributed by atoms with Crippen LogP contribution in [0.25, 0.3) is 0 Å². The zero-order valence-electron chi connectivity index (χ0n) is 15.7. The maximum absolute atomic E-state index is 12.6. The van der Waals surface area contributed by atoms with Gasteiger partial charge in [-0.1, -0.05) is 23.9 Å². The van der Waals surface area contributed by atoms with Crippen molar-refractivity contribution in [2.75, 3.05) is 4.90 Å². The Bertz CT molecular complexity index is 1120. The number of benzene rings is 2. The molecule has 0 bridgehead atoms. The lowest BCUT2D eigenvalue weighted by Gasteiger charge is -2.14. The van der Waals surface area contributed by atoms with E-state index in [0.29, 0.717) is 0 Å². The Morgan fingerprint density at radius 2 is 1.90 bits per heavy atom. The summed E-state index contributed by atoms with van der Waals surface area (Å²) in [5.41, 5.74) is 6.15. The molecular weight excluding hydrogens is 426 g/mol. The van der Waals surface area contributed by atoms with Crippen molar-refractivity contribution < 1.29 is 24.4 Å². The number of amides is 2. The number of hydrogen-bond acceptors (Lipinski definition) is 8. The number of carbonyl (C=O) groups excluding carboxylic acids is 2. The number of nitro benzene ring substituents is 1. The first-order valence-corrected chi connectivity index (χ1v) is 9.62. The van der Waals surface area contributed by atoms with Crippen molar-refractivity contribution in [3.05, 3.63) is 69.8 Å². The lowest BCUT2D eigenvalue weighted by atomic mass is 10.2. The number of para-hydroxylation sites is 1. The number of carboxylic acids is 1. The average Bonchev–Trinajstić information content (AvgIpc) is 3.01. The van der Waals surface area contributed by atoms with Gasteiger partial charge in [0.2, 0.25) is 11.8 Å². The van der Waals surface area contributed by atoms with E-state index in [1.807, 2.05) is 0 Å². The number of hydrogen-bond donors (Lipinski definition) is 2. The zero-order chi connectivity index (χ0) is 22.5. The number of amidine groups is 1. The van der Waals surface area contributed by atoms with Crippen LogP contribution in [-0.4, -0.2) is 44.4 Å². The Morgan fingerprint density at radius 1 is 1.23 bits per heavy atom. The molecule has 1 unspecified atom stereocenters. The van der Waals surface area contributed by atoms with Crippen LogP contribution in [0.3, 0.4) is 0 Å². The standard InChI is InChI=1S/C19H15N5O6S/c20-19(22-21-10-12-3-1-2-4-14(12)24(29)30)31-15-9-16(25)23(17(15)26)13-7-5-11(6-8-13)18(27)28/h1-8,10,15H,9H2,(H2,20,22)(H,27,28). The van der Waals surface area contributed by atoms with E-state index in [9.17, 15) is 24.5 Å². The third kappa shape index (κ3) is 4.93. The summed E-state index contributed by atoms with van der Waals surface area (Å²) in [6.07, 6.45) is 1.05. The molecule has 2 aromatic rings. The van der Waals surface area contributed by atoms with Crippen molar-refractivity contribution in [1.82, 2.24) is 0 Å². The molecule has 12 heteroatoms. The van der Waals surface area contributed by atoms with Gasteiger partial charge in [0.05, 0.1) is 28.0 Å². The van der Waals surface area contributed by atoms with Gasteiger partial charge in [-0.3, -0.25) is 19.7 Å². The zero-order valence-corrected chi connectivity index (χ0v) is 16.6. The van der Waals surface area contributed by atoms with Gasteiger partial charge in [0.15, 0.2) is 5.17 Å². The molecule has 1 aliphatic heterocycles. The van der Waals surface area contributed by atoms with Crippen LogP contribution in [0.5, 0.6) is 0 Å². The summed E-state index contributed by atoms with van der Waals surface area (Å²) in [5.74, 6) is -2.09. The molecule has 1 saturated heterocycles. The molecule has 2 aromatic carbocycles. The predicted molar refractivity (Wildman–Crippen MR) is 114 cm³/mol. The molecule has 31 heavy (non-hydrogen) atoms. The lowest BCUT2D eigenvalue weighted by Crippen LogP contribution is -2.31. The van der Waals surface area contributed by atoms with Gasteiger partial charge in [-0.25, -0.2) is 9.69 Å². The molecule has 1 fully saturated rings. The molecule has 3 N–H and O–H groups in total. The number of anilines is 1. The molecule has 2 amide bonds. The summed E-state index contributed by atoms with van der Waals surface area (Å²) >= 11 is 0.845. The van der Waals surface area contributed by atoms with Crippen LogP contribution in [0.2, 0.25) is 0 Å². The smallest absolute Gasteiger partial charge is 0.335 e. The number of rotatable bonds is 6. The number of carboxylic acid groups (broad SMARTS) is 1. The van der Waals surface area contributed by atoms with Crippen molar-refractivity contribution in [3.63, 3.8) is 0 Å². The molecule has 0 aliphatic carbocycles. The van der Waals surface area contributed by atoms with Gasteiger partial charge < -0.3 is 10.8 Å².